The van der Waals surface area contributed by atoms with Crippen LogP contribution < -0.4 is 15.7 Å². The van der Waals surface area contributed by atoms with Crippen LogP contribution in [0.1, 0.15) is 51.3 Å². The highest BCUT2D eigenvalue weighted by molar-refractivity contribution is 7.25. The van der Waals surface area contributed by atoms with Crippen molar-refractivity contribution in [3.8, 4) is 27.9 Å². The average molecular weight is 787 g/mol. The molecule has 3 aliphatic rings. The van der Waals surface area contributed by atoms with Gasteiger partial charge in [-0.2, -0.15) is 0 Å². The van der Waals surface area contributed by atoms with Crippen LogP contribution in [0.3, 0.4) is 0 Å². The highest BCUT2D eigenvalue weighted by Crippen LogP contribution is 2.55. The fourth-order valence-electron chi connectivity index (χ4n) is 11.4. The predicted molar refractivity (Wildman–Crippen MR) is 256 cm³/mol. The van der Waals surface area contributed by atoms with Crippen LogP contribution in [0.25, 0.3) is 91.9 Å². The molecule has 0 bridgehead atoms. The molecule has 284 valence electrons. The van der Waals surface area contributed by atoms with Crippen LogP contribution >= 0.6 is 11.3 Å². The lowest BCUT2D eigenvalue weighted by atomic mass is 9.44. The molecule has 0 atom stereocenters. The second-order valence-corrected chi connectivity index (χ2v) is 20.0. The Morgan fingerprint density at radius 2 is 1.33 bits per heavy atom. The Hall–Kier alpha value is -6.56. The number of hydrogen-bond donors (Lipinski definition) is 0. The summed E-state index contributed by atoms with van der Waals surface area (Å²) in [5.74, 6) is 0. The van der Waals surface area contributed by atoms with Gasteiger partial charge < -0.3 is 13.8 Å². The van der Waals surface area contributed by atoms with E-state index in [0.717, 1.165) is 21.9 Å². The molecule has 2 aliphatic heterocycles. The summed E-state index contributed by atoms with van der Waals surface area (Å²) in [7, 11) is 0. The zero-order valence-corrected chi connectivity index (χ0v) is 35.0. The number of anilines is 2. The molecule has 0 fully saturated rings. The van der Waals surface area contributed by atoms with Crippen molar-refractivity contribution in [1.82, 2.24) is 4.57 Å². The number of aromatic nitrogens is 1. The zero-order chi connectivity index (χ0) is 40.0. The van der Waals surface area contributed by atoms with Gasteiger partial charge in [-0.3, -0.25) is 0 Å². The van der Waals surface area contributed by atoms with Gasteiger partial charge in [0.2, 0.25) is 0 Å². The first-order chi connectivity index (χ1) is 29.1. The van der Waals surface area contributed by atoms with Crippen molar-refractivity contribution in [2.24, 2.45) is 0 Å². The Morgan fingerprint density at radius 3 is 2.18 bits per heavy atom. The predicted octanol–water partition coefficient (Wildman–Crippen LogP) is 13.9. The van der Waals surface area contributed by atoms with Crippen molar-refractivity contribution in [3.05, 3.63) is 162 Å². The number of benzene rings is 8. The van der Waals surface area contributed by atoms with E-state index in [9.17, 15) is 0 Å². The third-order valence-corrected chi connectivity index (χ3v) is 15.5. The molecule has 14 rings (SSSR count). The van der Waals surface area contributed by atoms with Crippen molar-refractivity contribution in [2.75, 3.05) is 4.81 Å². The molecular weight excluding hydrogens is 747 g/mol. The van der Waals surface area contributed by atoms with E-state index in [1.165, 1.54) is 109 Å². The summed E-state index contributed by atoms with van der Waals surface area (Å²) in [6.45, 7) is 11.6. The van der Waals surface area contributed by atoms with E-state index in [0.29, 0.717) is 0 Å². The van der Waals surface area contributed by atoms with Crippen LogP contribution in [-0.2, 0) is 10.8 Å². The third kappa shape index (κ3) is 4.07. The minimum atomic E-state index is -0.138. The van der Waals surface area contributed by atoms with Crippen LogP contribution in [0.2, 0.25) is 0 Å². The summed E-state index contributed by atoms with van der Waals surface area (Å²) in [6, 6.07) is 55.5. The number of furan rings is 1. The maximum Gasteiger partial charge on any atom is 0.333 e. The molecule has 0 amide bonds. The maximum absolute atomic E-state index is 6.75. The second kappa shape index (κ2) is 11.0. The van der Waals surface area contributed by atoms with Crippen LogP contribution in [0, 0.1) is 0 Å². The Morgan fingerprint density at radius 1 is 0.550 bits per heavy atom. The topological polar surface area (TPSA) is 21.3 Å². The molecule has 3 aromatic heterocycles. The van der Waals surface area contributed by atoms with Crippen LogP contribution in [0.4, 0.5) is 11.4 Å². The van der Waals surface area contributed by atoms with Gasteiger partial charge in [0, 0.05) is 69.8 Å². The van der Waals surface area contributed by atoms with Gasteiger partial charge in [0.05, 0.1) is 11.0 Å². The summed E-state index contributed by atoms with van der Waals surface area (Å²) >= 11 is 1.90. The van der Waals surface area contributed by atoms with E-state index < -0.39 is 0 Å². The Labute approximate surface area is 352 Å². The van der Waals surface area contributed by atoms with E-state index in [1.807, 2.05) is 11.3 Å². The smallest absolute Gasteiger partial charge is 0.333 e. The minimum Gasteiger partial charge on any atom is -0.456 e. The number of thiophene rings is 1. The van der Waals surface area contributed by atoms with E-state index in [4.69, 9.17) is 4.42 Å². The molecule has 0 saturated carbocycles. The van der Waals surface area contributed by atoms with E-state index in [2.05, 4.69) is 190 Å². The molecule has 11 aromatic rings. The average Bonchev–Trinajstić information content (AvgIpc) is 3.97. The molecule has 60 heavy (non-hydrogen) atoms. The molecule has 0 unspecified atom stereocenters. The standard InChI is InChI=1S/C55H39BN2OS/c1-54(2,3)30-18-20-31(21-19-30)58-46-28-43-37(32-12-6-9-15-42(32)55(43,4)5)24-38(46)35-22-23-36-39-27-51-41(34-14-8-11-17-50(34)60-51)26-45(39)57-47-25-40-33-13-7-10-16-48(33)59-49(40)29-44(47)56(58)52(35)53(36)57/h6-29H,1-5H3. The van der Waals surface area contributed by atoms with Gasteiger partial charge in [-0.1, -0.05) is 120 Å². The number of nitrogens with zero attached hydrogens (tertiary/aromatic N) is 2. The monoisotopic (exact) mass is 786 g/mol. The number of fused-ring (bicyclic) bond motifs is 17. The molecular formula is C55H39BN2OS. The molecule has 0 saturated heterocycles. The summed E-state index contributed by atoms with van der Waals surface area (Å²) in [5.41, 5.74) is 20.0. The van der Waals surface area contributed by atoms with Gasteiger partial charge in [0.1, 0.15) is 11.2 Å². The summed E-state index contributed by atoms with van der Waals surface area (Å²) in [4.78, 5) is 2.67. The molecule has 8 aromatic carbocycles. The van der Waals surface area contributed by atoms with Gasteiger partial charge in [-0.25, -0.2) is 0 Å². The van der Waals surface area contributed by atoms with E-state index in [1.54, 1.807) is 0 Å². The highest BCUT2D eigenvalue weighted by atomic mass is 32.1. The summed E-state index contributed by atoms with van der Waals surface area (Å²) in [6.07, 6.45) is 0. The quantitative estimate of drug-likeness (QED) is 0.155. The van der Waals surface area contributed by atoms with Crippen LogP contribution in [-0.4, -0.2) is 11.4 Å². The fourth-order valence-corrected chi connectivity index (χ4v) is 12.5. The second-order valence-electron chi connectivity index (χ2n) is 18.9. The van der Waals surface area contributed by atoms with Crippen molar-refractivity contribution in [3.63, 3.8) is 0 Å². The summed E-state index contributed by atoms with van der Waals surface area (Å²) < 4.78 is 12.0. The molecule has 0 spiro atoms. The first kappa shape index (κ1) is 33.3. The molecule has 1 aliphatic carbocycles. The van der Waals surface area contributed by atoms with E-state index in [-0.39, 0.29) is 17.7 Å². The first-order valence-electron chi connectivity index (χ1n) is 21.2. The van der Waals surface area contributed by atoms with Crippen LogP contribution in [0.5, 0.6) is 0 Å². The molecule has 5 heteroatoms. The molecule has 3 nitrogen and oxygen atoms in total. The normalized spacial score (nSPS) is 14.8. The Bertz CT molecular complexity index is 3740. The lowest BCUT2D eigenvalue weighted by Crippen LogP contribution is -2.60. The lowest BCUT2D eigenvalue weighted by molar-refractivity contribution is 0.590. The maximum atomic E-state index is 6.75. The van der Waals surface area contributed by atoms with Crippen LogP contribution in [0.15, 0.2) is 150 Å². The zero-order valence-electron chi connectivity index (χ0n) is 34.1. The summed E-state index contributed by atoms with van der Waals surface area (Å²) in [5, 5.41) is 7.53. The first-order valence-corrected chi connectivity index (χ1v) is 22.0. The lowest BCUT2D eigenvalue weighted by Gasteiger charge is -2.42. The molecule has 5 heterocycles. The molecule has 0 radical (unpaired) electrons. The fraction of sp³-hybridized carbons (Fsp3) is 0.127. The van der Waals surface area contributed by atoms with Crippen molar-refractivity contribution in [2.45, 2.75) is 45.4 Å². The van der Waals surface area contributed by atoms with Gasteiger partial charge in [-0.05, 0) is 110 Å². The van der Waals surface area contributed by atoms with Gasteiger partial charge >= 0.3 is 6.85 Å². The van der Waals surface area contributed by atoms with Crippen molar-refractivity contribution < 1.29 is 4.42 Å². The van der Waals surface area contributed by atoms with Crippen molar-refractivity contribution in [1.29, 1.82) is 0 Å². The largest absolute Gasteiger partial charge is 0.456 e. The van der Waals surface area contributed by atoms with Gasteiger partial charge in [0.15, 0.2) is 0 Å². The number of para-hydroxylation sites is 1. The third-order valence-electron chi connectivity index (χ3n) is 14.3. The van der Waals surface area contributed by atoms with Gasteiger partial charge in [-0.15, -0.1) is 11.3 Å². The van der Waals surface area contributed by atoms with E-state index >= 15 is 0 Å². The SMILES string of the molecule is CC(C)(C)c1ccc(N2B3c4cc5oc6ccccc6c5cc4-n4c5cc6c(cc5c5ccc(c3c54)-c3cc4c(cc32)C(C)(C)c2ccccc2-4)sc2ccccc26)cc1. The Balaban J connectivity index is 1.16. The minimum absolute atomic E-state index is 0.0398. The van der Waals surface area contributed by atoms with Crippen molar-refractivity contribution >= 4 is 104 Å². The highest BCUT2D eigenvalue weighted by Gasteiger charge is 2.46. The molecule has 0 N–H and O–H groups in total. The van der Waals surface area contributed by atoms with Gasteiger partial charge in [0.25, 0.3) is 0 Å². The number of hydrogen-bond acceptors (Lipinski definition) is 3. The number of rotatable bonds is 1. The Kier molecular flexibility index (Phi) is 6.09.